The Kier molecular flexibility index (Phi) is 10.4. The number of aromatic nitrogens is 1. The Morgan fingerprint density at radius 1 is 0.977 bits per heavy atom. The average Bonchev–Trinajstić information content (AvgIpc) is 3.31. The highest BCUT2D eigenvalue weighted by Crippen LogP contribution is 2.30. The van der Waals surface area contributed by atoms with Crippen molar-refractivity contribution in [3.63, 3.8) is 0 Å². The van der Waals surface area contributed by atoms with E-state index in [2.05, 4.69) is 9.72 Å². The fourth-order valence-electron chi connectivity index (χ4n) is 4.49. The molecule has 14 heteroatoms. The maximum Gasteiger partial charge on any atom is 0.573 e. The van der Waals surface area contributed by atoms with Crippen molar-refractivity contribution in [1.29, 1.82) is 0 Å². The van der Waals surface area contributed by atoms with Crippen LogP contribution in [0.5, 0.6) is 5.75 Å². The zero-order chi connectivity index (χ0) is 31.2. The maximum atomic E-state index is 12.7. The molecule has 3 atom stereocenters. The van der Waals surface area contributed by atoms with E-state index < -0.39 is 30.2 Å². The van der Waals surface area contributed by atoms with Crippen LogP contribution in [0.2, 0.25) is 0 Å². The number of aryl methyl sites for hydroxylation is 1. The van der Waals surface area contributed by atoms with Crippen molar-refractivity contribution in [2.24, 2.45) is 0 Å². The molecule has 234 valence electrons. The van der Waals surface area contributed by atoms with Gasteiger partial charge in [-0.2, -0.15) is 13.2 Å². The molecule has 1 aromatic heterocycles. The van der Waals surface area contributed by atoms with E-state index in [1.54, 1.807) is 6.92 Å². The zero-order valence-corrected chi connectivity index (χ0v) is 22.9. The number of ether oxygens (including phenoxy) is 4. The van der Waals surface area contributed by atoms with Crippen molar-refractivity contribution in [3.8, 4) is 17.2 Å². The van der Waals surface area contributed by atoms with Crippen LogP contribution in [-0.2, 0) is 38.4 Å². The molecule has 1 heterocycles. The highest BCUT2D eigenvalue weighted by molar-refractivity contribution is 5.72. The molecule has 43 heavy (non-hydrogen) atoms. The van der Waals surface area contributed by atoms with Gasteiger partial charge >= 0.3 is 18.5 Å². The summed E-state index contributed by atoms with van der Waals surface area (Å²) in [6, 6.07) is 9.40. The van der Waals surface area contributed by atoms with Crippen molar-refractivity contribution in [2.75, 3.05) is 6.61 Å². The lowest BCUT2D eigenvalue weighted by Crippen LogP contribution is -2.34. The van der Waals surface area contributed by atoms with E-state index in [9.17, 15) is 36.2 Å². The molecule has 1 aliphatic rings. The smallest absolute Gasteiger partial charge is 0.479 e. The minimum Gasteiger partial charge on any atom is -0.479 e. The van der Waals surface area contributed by atoms with Gasteiger partial charge in [-0.1, -0.05) is 12.1 Å². The quantitative estimate of drug-likeness (QED) is 0.215. The van der Waals surface area contributed by atoms with Crippen LogP contribution >= 0.6 is 0 Å². The zero-order valence-electron chi connectivity index (χ0n) is 22.9. The molecule has 0 aliphatic heterocycles. The molecule has 1 saturated carbocycles. The monoisotopic (exact) mass is 617 g/mol. The van der Waals surface area contributed by atoms with Gasteiger partial charge in [-0.05, 0) is 74.6 Å². The molecule has 0 saturated heterocycles. The van der Waals surface area contributed by atoms with Gasteiger partial charge in [-0.25, -0.2) is 9.78 Å². The number of alkyl halides is 6. The Morgan fingerprint density at radius 3 is 2.23 bits per heavy atom. The Balaban J connectivity index is 1.24. The highest BCUT2D eigenvalue weighted by atomic mass is 19.4. The van der Waals surface area contributed by atoms with E-state index in [1.165, 1.54) is 24.3 Å². The van der Waals surface area contributed by atoms with Gasteiger partial charge in [0.1, 0.15) is 17.2 Å². The van der Waals surface area contributed by atoms with Gasteiger partial charge in [0.2, 0.25) is 5.89 Å². The van der Waals surface area contributed by atoms with Crippen LogP contribution in [0.4, 0.5) is 26.3 Å². The summed E-state index contributed by atoms with van der Waals surface area (Å²) < 4.78 is 102. The van der Waals surface area contributed by atoms with Crippen LogP contribution in [0.15, 0.2) is 52.9 Å². The summed E-state index contributed by atoms with van der Waals surface area (Å²) >= 11 is 0. The van der Waals surface area contributed by atoms with Crippen molar-refractivity contribution < 1.29 is 59.6 Å². The van der Waals surface area contributed by atoms with Gasteiger partial charge in [-0.15, -0.1) is 13.2 Å². The molecule has 8 nitrogen and oxygen atoms in total. The van der Waals surface area contributed by atoms with Crippen molar-refractivity contribution in [1.82, 2.24) is 4.98 Å². The summed E-state index contributed by atoms with van der Waals surface area (Å²) in [4.78, 5) is 16.1. The van der Waals surface area contributed by atoms with Crippen LogP contribution in [-0.4, -0.2) is 47.3 Å². The number of hydrogen-bond donors (Lipinski definition) is 1. The average molecular weight is 618 g/mol. The SMILES string of the molecule is Cc1oc(-c2ccc(OC(F)(F)F)cc2)nc1CO[C@H]1CCC[C@@H](OCC(OCc2ccc(C(F)(F)F)cc2)C(=O)O)C1. The minimum absolute atomic E-state index is 0.121. The van der Waals surface area contributed by atoms with E-state index in [-0.39, 0.29) is 43.7 Å². The van der Waals surface area contributed by atoms with Gasteiger partial charge in [0.15, 0.2) is 6.10 Å². The fourth-order valence-corrected chi connectivity index (χ4v) is 4.49. The number of oxazole rings is 1. The van der Waals surface area contributed by atoms with Gasteiger partial charge in [0, 0.05) is 5.56 Å². The summed E-state index contributed by atoms with van der Waals surface area (Å²) in [6.45, 7) is 1.38. The van der Waals surface area contributed by atoms with E-state index in [4.69, 9.17) is 18.6 Å². The molecule has 4 rings (SSSR count). The number of nitrogens with zero attached hydrogens (tertiary/aromatic N) is 1. The lowest BCUT2D eigenvalue weighted by molar-refractivity contribution is -0.274. The van der Waals surface area contributed by atoms with E-state index in [1.807, 2.05) is 0 Å². The highest BCUT2D eigenvalue weighted by Gasteiger charge is 2.32. The van der Waals surface area contributed by atoms with Crippen LogP contribution < -0.4 is 4.74 Å². The Morgan fingerprint density at radius 2 is 1.63 bits per heavy atom. The predicted molar refractivity (Wildman–Crippen MR) is 138 cm³/mol. The van der Waals surface area contributed by atoms with Crippen molar-refractivity contribution in [2.45, 2.75) is 76.7 Å². The first-order chi connectivity index (χ1) is 20.3. The molecule has 0 radical (unpaired) electrons. The second-order valence-electron chi connectivity index (χ2n) is 9.98. The summed E-state index contributed by atoms with van der Waals surface area (Å²) in [7, 11) is 0. The van der Waals surface area contributed by atoms with Crippen LogP contribution in [0.25, 0.3) is 11.5 Å². The van der Waals surface area contributed by atoms with Crippen molar-refractivity contribution >= 4 is 5.97 Å². The van der Waals surface area contributed by atoms with E-state index in [0.717, 1.165) is 37.1 Å². The van der Waals surface area contributed by atoms with Gasteiger partial charge in [0.25, 0.3) is 0 Å². The Labute approximate surface area is 242 Å². The van der Waals surface area contributed by atoms with Crippen LogP contribution in [0.1, 0.15) is 48.3 Å². The number of carboxylic acid groups (broad SMARTS) is 1. The molecule has 0 bridgehead atoms. The van der Waals surface area contributed by atoms with Gasteiger partial charge < -0.3 is 28.5 Å². The molecular formula is C29H29F6NO7. The molecule has 3 aromatic rings. The number of aliphatic carboxylic acids is 1. The third-order valence-corrected chi connectivity index (χ3v) is 6.75. The maximum absolute atomic E-state index is 12.7. The van der Waals surface area contributed by atoms with E-state index in [0.29, 0.717) is 35.4 Å². The number of benzene rings is 2. The van der Waals surface area contributed by atoms with Gasteiger partial charge in [0.05, 0.1) is 37.6 Å². The molecule has 1 aliphatic carbocycles. The second kappa shape index (κ2) is 13.8. The Bertz CT molecular complexity index is 1340. The fraction of sp³-hybridized carbons (Fsp3) is 0.448. The molecule has 1 unspecified atom stereocenters. The third-order valence-electron chi connectivity index (χ3n) is 6.75. The molecule has 0 amide bonds. The molecule has 0 spiro atoms. The standard InChI is InChI=1S/C29H29F6NO7/c1-17-24(36-26(42-17)19-7-11-21(12-8-19)43-29(33,34)35)15-39-22-3-2-4-23(13-22)40-16-25(27(37)38)41-14-18-5-9-20(10-6-18)28(30,31)32/h5-12,22-23,25H,2-4,13-16H2,1H3,(H,37,38)/t22-,23+,25?/m0/s1. The number of rotatable bonds is 12. The summed E-state index contributed by atoms with van der Waals surface area (Å²) in [5.74, 6) is -0.910. The first-order valence-electron chi connectivity index (χ1n) is 13.3. The lowest BCUT2D eigenvalue weighted by Gasteiger charge is -2.29. The van der Waals surface area contributed by atoms with Gasteiger partial charge in [-0.3, -0.25) is 0 Å². The predicted octanol–water partition coefficient (Wildman–Crippen LogP) is 7.08. The summed E-state index contributed by atoms with van der Waals surface area (Å²) in [6.07, 6.45) is -8.36. The van der Waals surface area contributed by atoms with Crippen LogP contribution in [0, 0.1) is 6.92 Å². The molecular weight excluding hydrogens is 588 g/mol. The first-order valence-corrected chi connectivity index (χ1v) is 13.3. The second-order valence-corrected chi connectivity index (χ2v) is 9.98. The van der Waals surface area contributed by atoms with Crippen molar-refractivity contribution in [3.05, 3.63) is 71.1 Å². The topological polar surface area (TPSA) is 100 Å². The minimum atomic E-state index is -4.79. The number of carboxylic acids is 1. The Hall–Kier alpha value is -3.62. The molecule has 1 fully saturated rings. The van der Waals surface area contributed by atoms with E-state index >= 15 is 0 Å². The molecule has 1 N–H and O–H groups in total. The number of hydrogen-bond acceptors (Lipinski definition) is 7. The largest absolute Gasteiger partial charge is 0.573 e. The molecule has 2 aromatic carbocycles. The lowest BCUT2D eigenvalue weighted by atomic mass is 9.95. The van der Waals surface area contributed by atoms with Crippen LogP contribution in [0.3, 0.4) is 0 Å². The third kappa shape index (κ3) is 9.70. The first kappa shape index (κ1) is 32.3. The normalized spacial score (nSPS) is 18.4. The number of carbonyl (C=O) groups is 1. The summed E-state index contributed by atoms with van der Waals surface area (Å²) in [5, 5.41) is 9.52. The number of halogens is 6. The summed E-state index contributed by atoms with van der Waals surface area (Å²) in [5.41, 5.74) is 0.569.